The van der Waals surface area contributed by atoms with Gasteiger partial charge in [0, 0.05) is 0 Å². The highest BCUT2D eigenvalue weighted by Crippen LogP contribution is 2.25. The molecule has 1 aromatic heterocycles. The minimum absolute atomic E-state index is 0.389. The Hall–Kier alpha value is -0.610. The van der Waals surface area contributed by atoms with Crippen molar-refractivity contribution in [2.24, 2.45) is 0 Å². The van der Waals surface area contributed by atoms with Gasteiger partial charge in [0.25, 0.3) is 0 Å². The number of nitrogens with zero attached hydrogens (tertiary/aromatic N) is 1. The van der Waals surface area contributed by atoms with E-state index < -0.39 is 0 Å². The third-order valence-corrected chi connectivity index (χ3v) is 3.08. The molecular formula is C9H14N2OS. The number of rotatable bonds is 2. The van der Waals surface area contributed by atoms with Gasteiger partial charge in [-0.3, -0.25) is 0 Å². The lowest BCUT2D eigenvalue weighted by Crippen LogP contribution is -2.34. The Balaban J connectivity index is 1.93. The molecule has 0 radical (unpaired) electrons. The van der Waals surface area contributed by atoms with Crippen LogP contribution in [0.2, 0.25) is 0 Å². The number of hydrogen-bond acceptors (Lipinski definition) is 4. The molecule has 0 aliphatic carbocycles. The summed E-state index contributed by atoms with van der Waals surface area (Å²) in [4.78, 5) is 4.16. The molecular weight excluding hydrogens is 184 g/mol. The van der Waals surface area contributed by atoms with Crippen LogP contribution in [-0.4, -0.2) is 24.2 Å². The van der Waals surface area contributed by atoms with Gasteiger partial charge in [-0.25, -0.2) is 4.98 Å². The Bertz CT molecular complexity index is 268. The summed E-state index contributed by atoms with van der Waals surface area (Å²) in [6, 6.07) is 0. The van der Waals surface area contributed by atoms with Crippen molar-refractivity contribution in [1.29, 1.82) is 0 Å². The van der Waals surface area contributed by atoms with E-state index in [0.29, 0.717) is 6.10 Å². The lowest BCUT2D eigenvalue weighted by Gasteiger charge is -2.22. The molecule has 13 heavy (non-hydrogen) atoms. The fourth-order valence-corrected chi connectivity index (χ4v) is 2.19. The van der Waals surface area contributed by atoms with Crippen molar-refractivity contribution >= 4 is 11.3 Å². The number of aryl methyl sites for hydroxylation is 1. The second-order valence-corrected chi connectivity index (χ2v) is 4.11. The Kier molecular flexibility index (Phi) is 2.80. The highest BCUT2D eigenvalue weighted by Gasteiger charge is 2.15. The Labute approximate surface area is 82.1 Å². The van der Waals surface area contributed by atoms with Crippen LogP contribution in [0.15, 0.2) is 5.51 Å². The number of piperidine rings is 1. The standard InChI is InChI=1S/C9H14N2OS/c1-7-9(13-6-11-7)12-8-2-4-10-5-3-8/h6,8,10H,2-5H2,1H3. The van der Waals surface area contributed by atoms with E-state index in [9.17, 15) is 0 Å². The molecule has 72 valence electrons. The average Bonchev–Trinajstić information content (AvgIpc) is 2.54. The van der Waals surface area contributed by atoms with Gasteiger partial charge in [-0.05, 0) is 32.9 Å². The molecule has 2 rings (SSSR count). The van der Waals surface area contributed by atoms with Crippen molar-refractivity contribution in [1.82, 2.24) is 10.3 Å². The van der Waals surface area contributed by atoms with Crippen LogP contribution < -0.4 is 10.1 Å². The Morgan fingerprint density at radius 3 is 2.92 bits per heavy atom. The zero-order chi connectivity index (χ0) is 9.10. The van der Waals surface area contributed by atoms with Gasteiger partial charge in [0.05, 0.1) is 11.2 Å². The highest BCUT2D eigenvalue weighted by atomic mass is 32.1. The van der Waals surface area contributed by atoms with Crippen LogP contribution in [0.5, 0.6) is 5.06 Å². The number of nitrogens with one attached hydrogen (secondary N) is 1. The predicted molar refractivity (Wildman–Crippen MR) is 53.4 cm³/mol. The van der Waals surface area contributed by atoms with Gasteiger partial charge in [0.1, 0.15) is 6.10 Å². The van der Waals surface area contributed by atoms with E-state index in [1.54, 1.807) is 11.3 Å². The first-order chi connectivity index (χ1) is 6.36. The molecule has 0 spiro atoms. The number of hydrogen-bond donors (Lipinski definition) is 1. The summed E-state index contributed by atoms with van der Waals surface area (Å²) in [7, 11) is 0. The molecule has 1 saturated heterocycles. The molecule has 3 nitrogen and oxygen atoms in total. The Morgan fingerprint density at radius 2 is 2.31 bits per heavy atom. The first-order valence-corrected chi connectivity index (χ1v) is 5.51. The summed E-state index contributed by atoms with van der Waals surface area (Å²) in [6.45, 7) is 4.14. The molecule has 0 saturated carbocycles. The SMILES string of the molecule is Cc1ncsc1OC1CCNCC1. The van der Waals surface area contributed by atoms with Gasteiger partial charge in [0.2, 0.25) is 0 Å². The van der Waals surface area contributed by atoms with E-state index in [-0.39, 0.29) is 0 Å². The molecule has 0 atom stereocenters. The van der Waals surface area contributed by atoms with Crippen LogP contribution in [0, 0.1) is 6.92 Å². The molecule has 0 amide bonds. The van der Waals surface area contributed by atoms with Gasteiger partial charge in [-0.15, -0.1) is 0 Å². The van der Waals surface area contributed by atoms with Crippen molar-refractivity contribution < 1.29 is 4.74 Å². The summed E-state index contributed by atoms with van der Waals surface area (Å²) in [5, 5.41) is 4.31. The number of ether oxygens (including phenoxy) is 1. The van der Waals surface area contributed by atoms with Gasteiger partial charge >= 0.3 is 0 Å². The maximum absolute atomic E-state index is 5.84. The summed E-state index contributed by atoms with van der Waals surface area (Å²) in [5.74, 6) is 0. The van der Waals surface area contributed by atoms with E-state index in [0.717, 1.165) is 36.7 Å². The van der Waals surface area contributed by atoms with Crippen LogP contribution in [-0.2, 0) is 0 Å². The molecule has 1 aliphatic rings. The summed E-state index contributed by atoms with van der Waals surface area (Å²) < 4.78 is 5.84. The monoisotopic (exact) mass is 198 g/mol. The van der Waals surface area contributed by atoms with Crippen molar-refractivity contribution in [3.63, 3.8) is 0 Å². The predicted octanol–water partition coefficient (Wildman–Crippen LogP) is 1.58. The van der Waals surface area contributed by atoms with Gasteiger partial charge in [-0.2, -0.15) is 0 Å². The fraction of sp³-hybridized carbons (Fsp3) is 0.667. The summed E-state index contributed by atoms with van der Waals surface area (Å²) in [6.07, 6.45) is 2.61. The smallest absolute Gasteiger partial charge is 0.197 e. The maximum atomic E-state index is 5.84. The Morgan fingerprint density at radius 1 is 1.54 bits per heavy atom. The van der Waals surface area contributed by atoms with Crippen molar-refractivity contribution in [3.8, 4) is 5.06 Å². The second-order valence-electron chi connectivity index (χ2n) is 3.29. The minimum atomic E-state index is 0.389. The van der Waals surface area contributed by atoms with Gasteiger partial charge in [-0.1, -0.05) is 11.3 Å². The second kappa shape index (κ2) is 4.07. The third kappa shape index (κ3) is 2.19. The summed E-state index contributed by atoms with van der Waals surface area (Å²) >= 11 is 1.59. The highest BCUT2D eigenvalue weighted by molar-refractivity contribution is 7.11. The van der Waals surface area contributed by atoms with Crippen LogP contribution in [0.3, 0.4) is 0 Å². The van der Waals surface area contributed by atoms with E-state index in [2.05, 4.69) is 10.3 Å². The molecule has 0 bridgehead atoms. The first kappa shape index (κ1) is 8.97. The zero-order valence-electron chi connectivity index (χ0n) is 7.75. The molecule has 1 aromatic rings. The topological polar surface area (TPSA) is 34.1 Å². The number of thiazole rings is 1. The van der Waals surface area contributed by atoms with Crippen molar-refractivity contribution in [2.75, 3.05) is 13.1 Å². The molecule has 2 heterocycles. The molecule has 0 unspecified atom stereocenters. The van der Waals surface area contributed by atoms with E-state index >= 15 is 0 Å². The minimum Gasteiger partial charge on any atom is -0.479 e. The van der Waals surface area contributed by atoms with Gasteiger partial charge in [0.15, 0.2) is 5.06 Å². The van der Waals surface area contributed by atoms with Gasteiger partial charge < -0.3 is 10.1 Å². The lowest BCUT2D eigenvalue weighted by molar-refractivity contribution is 0.166. The van der Waals surface area contributed by atoms with Crippen molar-refractivity contribution in [3.05, 3.63) is 11.2 Å². The molecule has 4 heteroatoms. The molecule has 1 aliphatic heterocycles. The average molecular weight is 198 g/mol. The zero-order valence-corrected chi connectivity index (χ0v) is 8.56. The molecule has 1 N–H and O–H groups in total. The quantitative estimate of drug-likeness (QED) is 0.783. The van der Waals surface area contributed by atoms with Crippen LogP contribution in [0.25, 0.3) is 0 Å². The lowest BCUT2D eigenvalue weighted by atomic mass is 10.1. The maximum Gasteiger partial charge on any atom is 0.197 e. The number of aromatic nitrogens is 1. The summed E-state index contributed by atoms with van der Waals surface area (Å²) in [5.41, 5.74) is 2.86. The fourth-order valence-electron chi connectivity index (χ4n) is 1.47. The molecule has 0 aromatic carbocycles. The largest absolute Gasteiger partial charge is 0.479 e. The van der Waals surface area contributed by atoms with Crippen LogP contribution >= 0.6 is 11.3 Å². The molecule has 1 fully saturated rings. The van der Waals surface area contributed by atoms with Crippen molar-refractivity contribution in [2.45, 2.75) is 25.9 Å². The van der Waals surface area contributed by atoms with E-state index in [4.69, 9.17) is 4.74 Å². The van der Waals surface area contributed by atoms with E-state index in [1.165, 1.54) is 0 Å². The first-order valence-electron chi connectivity index (χ1n) is 4.64. The third-order valence-electron chi connectivity index (χ3n) is 2.26. The van der Waals surface area contributed by atoms with Crippen LogP contribution in [0.1, 0.15) is 18.5 Å². The van der Waals surface area contributed by atoms with E-state index in [1.807, 2.05) is 12.4 Å². The normalized spacial score (nSPS) is 18.8. The van der Waals surface area contributed by atoms with Crippen LogP contribution in [0.4, 0.5) is 0 Å².